The van der Waals surface area contributed by atoms with E-state index >= 15 is 0 Å². The fourth-order valence-corrected chi connectivity index (χ4v) is 1.63. The Hall–Kier alpha value is -2.04. The van der Waals surface area contributed by atoms with E-state index in [-0.39, 0.29) is 5.91 Å². The highest BCUT2D eigenvalue weighted by Gasteiger charge is 2.16. The Balaban J connectivity index is 2.44. The van der Waals surface area contributed by atoms with Crippen LogP contribution >= 0.6 is 0 Å². The van der Waals surface area contributed by atoms with Crippen LogP contribution < -0.4 is 5.32 Å². The molecule has 2 heterocycles. The minimum absolute atomic E-state index is 0.0979. The maximum atomic E-state index is 11.8. The molecule has 2 aromatic heterocycles. The van der Waals surface area contributed by atoms with Gasteiger partial charge in [0.05, 0.1) is 6.20 Å². The zero-order valence-corrected chi connectivity index (χ0v) is 9.34. The van der Waals surface area contributed by atoms with Crippen molar-refractivity contribution < 1.29 is 4.79 Å². The molecule has 0 aliphatic heterocycles. The molecule has 0 unspecified atom stereocenters. The van der Waals surface area contributed by atoms with E-state index in [4.69, 9.17) is 0 Å². The Bertz CT molecular complexity index is 484. The van der Waals surface area contributed by atoms with Crippen LogP contribution in [0.15, 0.2) is 30.7 Å². The summed E-state index contributed by atoms with van der Waals surface area (Å²) >= 11 is 0. The van der Waals surface area contributed by atoms with Gasteiger partial charge >= 0.3 is 0 Å². The molecule has 0 spiro atoms. The van der Waals surface area contributed by atoms with Crippen LogP contribution in [0.25, 0.3) is 5.82 Å². The molecule has 2 aromatic rings. The van der Waals surface area contributed by atoms with Gasteiger partial charge in [0.15, 0.2) is 0 Å². The Morgan fingerprint density at radius 1 is 1.44 bits per heavy atom. The third-order valence-electron chi connectivity index (χ3n) is 2.34. The summed E-state index contributed by atoms with van der Waals surface area (Å²) in [6.45, 7) is 2.50. The number of nitrogens with one attached hydrogen (secondary N) is 1. The third-order valence-corrected chi connectivity index (χ3v) is 2.34. The zero-order chi connectivity index (χ0) is 11.5. The van der Waals surface area contributed by atoms with Crippen LogP contribution in [-0.4, -0.2) is 26.8 Å². The minimum Gasteiger partial charge on any atom is -0.352 e. The molecule has 16 heavy (non-hydrogen) atoms. The minimum atomic E-state index is -0.0979. The SMILES string of the molecule is CCNC(=O)c1cnn(C)c1-n1cccc1. The maximum absolute atomic E-state index is 11.8. The van der Waals surface area contributed by atoms with E-state index in [2.05, 4.69) is 10.4 Å². The number of aromatic nitrogens is 3. The van der Waals surface area contributed by atoms with Crippen LogP contribution in [0.5, 0.6) is 0 Å². The van der Waals surface area contributed by atoms with Gasteiger partial charge in [-0.05, 0) is 19.1 Å². The first-order valence-corrected chi connectivity index (χ1v) is 5.17. The third kappa shape index (κ3) is 1.71. The predicted octanol–water partition coefficient (Wildman–Crippen LogP) is 0.960. The number of hydrogen-bond donors (Lipinski definition) is 1. The molecule has 0 radical (unpaired) electrons. The molecule has 0 saturated carbocycles. The van der Waals surface area contributed by atoms with Gasteiger partial charge in [-0.2, -0.15) is 5.10 Å². The molecule has 84 valence electrons. The maximum Gasteiger partial charge on any atom is 0.256 e. The largest absolute Gasteiger partial charge is 0.352 e. The molecule has 0 atom stereocenters. The van der Waals surface area contributed by atoms with Gasteiger partial charge in [0, 0.05) is 26.0 Å². The van der Waals surface area contributed by atoms with Crippen molar-refractivity contribution in [1.29, 1.82) is 0 Å². The summed E-state index contributed by atoms with van der Waals surface area (Å²) in [5, 5.41) is 6.88. The van der Waals surface area contributed by atoms with Gasteiger partial charge in [0.1, 0.15) is 11.4 Å². The van der Waals surface area contributed by atoms with E-state index in [1.54, 1.807) is 10.9 Å². The lowest BCUT2D eigenvalue weighted by atomic mass is 10.3. The molecule has 0 fully saturated rings. The summed E-state index contributed by atoms with van der Waals surface area (Å²) in [6, 6.07) is 3.82. The van der Waals surface area contributed by atoms with Crippen LogP contribution in [0, 0.1) is 0 Å². The molecule has 0 aliphatic carbocycles. The van der Waals surface area contributed by atoms with Gasteiger partial charge < -0.3 is 9.88 Å². The first-order chi connectivity index (χ1) is 7.74. The highest BCUT2D eigenvalue weighted by molar-refractivity contribution is 5.97. The molecule has 0 aliphatic rings. The lowest BCUT2D eigenvalue weighted by Gasteiger charge is -2.06. The highest BCUT2D eigenvalue weighted by atomic mass is 16.1. The molecule has 5 heteroatoms. The van der Waals surface area contributed by atoms with Crippen LogP contribution in [0.4, 0.5) is 0 Å². The molecule has 0 saturated heterocycles. The van der Waals surface area contributed by atoms with Crippen molar-refractivity contribution in [2.75, 3.05) is 6.54 Å². The zero-order valence-electron chi connectivity index (χ0n) is 9.34. The number of carbonyl (C=O) groups excluding carboxylic acids is 1. The number of hydrogen-bond acceptors (Lipinski definition) is 2. The number of rotatable bonds is 3. The molecular weight excluding hydrogens is 204 g/mol. The number of nitrogens with zero attached hydrogens (tertiary/aromatic N) is 3. The second kappa shape index (κ2) is 4.22. The van der Waals surface area contributed by atoms with Gasteiger partial charge in [-0.15, -0.1) is 0 Å². The average Bonchev–Trinajstić information content (AvgIpc) is 2.86. The smallest absolute Gasteiger partial charge is 0.256 e. The van der Waals surface area contributed by atoms with E-state index in [1.807, 2.05) is 43.1 Å². The van der Waals surface area contributed by atoms with Crippen LogP contribution in [0.1, 0.15) is 17.3 Å². The van der Waals surface area contributed by atoms with Gasteiger partial charge in [-0.3, -0.25) is 9.48 Å². The summed E-state index contributed by atoms with van der Waals surface area (Å²) in [6.07, 6.45) is 5.36. The van der Waals surface area contributed by atoms with Gasteiger partial charge in [0.25, 0.3) is 5.91 Å². The van der Waals surface area contributed by atoms with E-state index in [0.29, 0.717) is 12.1 Å². The number of carbonyl (C=O) groups is 1. The lowest BCUT2D eigenvalue weighted by Crippen LogP contribution is -2.23. The van der Waals surface area contributed by atoms with Crippen molar-refractivity contribution in [1.82, 2.24) is 19.7 Å². The van der Waals surface area contributed by atoms with E-state index in [0.717, 1.165) is 5.82 Å². The number of amides is 1. The molecule has 1 amide bonds. The second-order valence-corrected chi connectivity index (χ2v) is 3.46. The molecule has 5 nitrogen and oxygen atoms in total. The van der Waals surface area contributed by atoms with Crippen LogP contribution in [0.3, 0.4) is 0 Å². The molecular formula is C11H14N4O. The standard InChI is InChI=1S/C11H14N4O/c1-3-12-10(16)9-8-13-14(2)11(9)15-6-4-5-7-15/h4-8H,3H2,1-2H3,(H,12,16). The van der Waals surface area contributed by atoms with E-state index < -0.39 is 0 Å². The normalized spacial score (nSPS) is 10.4. The van der Waals surface area contributed by atoms with Crippen LogP contribution in [0.2, 0.25) is 0 Å². The second-order valence-electron chi connectivity index (χ2n) is 3.46. The Morgan fingerprint density at radius 2 is 2.12 bits per heavy atom. The molecule has 0 bridgehead atoms. The van der Waals surface area contributed by atoms with E-state index in [9.17, 15) is 4.79 Å². The predicted molar refractivity (Wildman–Crippen MR) is 60.5 cm³/mol. The summed E-state index contributed by atoms with van der Waals surface area (Å²) < 4.78 is 3.56. The van der Waals surface area contributed by atoms with E-state index in [1.165, 1.54) is 0 Å². The van der Waals surface area contributed by atoms with Gasteiger partial charge in [0.2, 0.25) is 0 Å². The van der Waals surface area contributed by atoms with Crippen LogP contribution in [-0.2, 0) is 7.05 Å². The van der Waals surface area contributed by atoms with Crippen molar-refractivity contribution in [2.45, 2.75) is 6.92 Å². The summed E-state index contributed by atoms with van der Waals surface area (Å²) in [5.74, 6) is 0.676. The fraction of sp³-hybridized carbons (Fsp3) is 0.273. The molecule has 1 N–H and O–H groups in total. The van der Waals surface area contributed by atoms with Crippen molar-refractivity contribution in [3.63, 3.8) is 0 Å². The molecule has 0 aromatic carbocycles. The Kier molecular flexibility index (Phi) is 2.76. The monoisotopic (exact) mass is 218 g/mol. The number of aryl methyl sites for hydroxylation is 1. The Morgan fingerprint density at radius 3 is 2.75 bits per heavy atom. The van der Waals surface area contributed by atoms with Gasteiger partial charge in [-0.25, -0.2) is 0 Å². The summed E-state index contributed by atoms with van der Waals surface area (Å²) in [4.78, 5) is 11.8. The van der Waals surface area contributed by atoms with Crippen molar-refractivity contribution in [2.24, 2.45) is 7.05 Å². The topological polar surface area (TPSA) is 51.9 Å². The first kappa shape index (κ1) is 10.5. The highest BCUT2D eigenvalue weighted by Crippen LogP contribution is 2.13. The average molecular weight is 218 g/mol. The fourth-order valence-electron chi connectivity index (χ4n) is 1.63. The Labute approximate surface area is 93.7 Å². The summed E-state index contributed by atoms with van der Waals surface area (Å²) in [5.41, 5.74) is 0.584. The van der Waals surface area contributed by atoms with Crippen molar-refractivity contribution >= 4 is 5.91 Å². The summed E-state index contributed by atoms with van der Waals surface area (Å²) in [7, 11) is 1.82. The van der Waals surface area contributed by atoms with Gasteiger partial charge in [-0.1, -0.05) is 0 Å². The molecule has 2 rings (SSSR count). The lowest BCUT2D eigenvalue weighted by molar-refractivity contribution is 0.0956. The van der Waals surface area contributed by atoms with Crippen molar-refractivity contribution in [3.8, 4) is 5.82 Å². The van der Waals surface area contributed by atoms with Crippen molar-refractivity contribution in [3.05, 3.63) is 36.3 Å². The quantitative estimate of drug-likeness (QED) is 0.834. The first-order valence-electron chi connectivity index (χ1n) is 5.17.